The van der Waals surface area contributed by atoms with Gasteiger partial charge in [0, 0.05) is 0 Å². The molecule has 2 heterocycles. The van der Waals surface area contributed by atoms with Crippen LogP contribution < -0.4 is 15.1 Å². The van der Waals surface area contributed by atoms with Crippen LogP contribution in [0.2, 0.25) is 0 Å². The molecule has 2 rings (SSSR count). The van der Waals surface area contributed by atoms with Crippen LogP contribution in [0.15, 0.2) is 10.7 Å². The molecule has 20 heavy (non-hydrogen) atoms. The summed E-state index contributed by atoms with van der Waals surface area (Å²) < 4.78 is 15.4. The van der Waals surface area contributed by atoms with Gasteiger partial charge in [0.1, 0.15) is 0 Å². The van der Waals surface area contributed by atoms with Crippen molar-refractivity contribution in [2.45, 2.75) is 20.3 Å². The maximum absolute atomic E-state index is 11.6. The Kier molecular flexibility index (Phi) is 5.16. The Labute approximate surface area is 117 Å². The lowest BCUT2D eigenvalue weighted by Crippen LogP contribution is -2.62. The lowest BCUT2D eigenvalue weighted by atomic mass is 10.1. The molecule has 1 aliphatic rings. The standard InChI is InChI=1S/C12H20N4O4/c1-3-10(2)9-19-12(17)13-11-8-16(14-20-11)15-4-6-18-7-5-15/h8,10H,3-7,9H2,1-2H3/p+1. The lowest BCUT2D eigenvalue weighted by Gasteiger charge is -2.18. The van der Waals surface area contributed by atoms with Gasteiger partial charge in [-0.1, -0.05) is 20.3 Å². The van der Waals surface area contributed by atoms with Gasteiger partial charge < -0.3 is 9.47 Å². The average molecular weight is 285 g/mol. The van der Waals surface area contributed by atoms with E-state index in [0.29, 0.717) is 25.7 Å². The van der Waals surface area contributed by atoms with Crippen molar-refractivity contribution in [3.05, 3.63) is 6.20 Å². The van der Waals surface area contributed by atoms with Crippen molar-refractivity contribution in [3.8, 4) is 0 Å². The SMILES string of the molecule is CCC(C)COC(=O)Nc1c[n+](N2CCOCC2)no1. The largest absolute Gasteiger partial charge is 0.449 e. The molecule has 1 fully saturated rings. The van der Waals surface area contributed by atoms with Gasteiger partial charge in [0.15, 0.2) is 0 Å². The smallest absolute Gasteiger partial charge is 0.414 e. The zero-order chi connectivity index (χ0) is 14.4. The number of aromatic nitrogens is 2. The second kappa shape index (κ2) is 7.09. The molecule has 1 saturated heterocycles. The average Bonchev–Trinajstić information content (AvgIpc) is 2.94. The number of hydrogen-bond donors (Lipinski definition) is 1. The molecule has 0 saturated carbocycles. The molecule has 0 spiro atoms. The van der Waals surface area contributed by atoms with Crippen LogP contribution in [0.4, 0.5) is 10.7 Å². The van der Waals surface area contributed by atoms with Gasteiger partial charge in [0.25, 0.3) is 6.20 Å². The fraction of sp³-hybridized carbons (Fsp3) is 0.750. The predicted molar refractivity (Wildman–Crippen MR) is 69.9 cm³/mol. The summed E-state index contributed by atoms with van der Waals surface area (Å²) in [6.07, 6.45) is 2.04. The van der Waals surface area contributed by atoms with Crippen LogP contribution in [0, 0.1) is 5.92 Å². The number of nitrogens with zero attached hydrogens (tertiary/aromatic N) is 3. The lowest BCUT2D eigenvalue weighted by molar-refractivity contribution is -0.759. The molecule has 1 aromatic heterocycles. The summed E-state index contributed by atoms with van der Waals surface area (Å²) in [5.74, 6) is 0.597. The van der Waals surface area contributed by atoms with E-state index in [9.17, 15) is 4.79 Å². The third-order valence-electron chi connectivity index (χ3n) is 3.15. The van der Waals surface area contributed by atoms with Crippen molar-refractivity contribution >= 4 is 12.0 Å². The summed E-state index contributed by atoms with van der Waals surface area (Å²) >= 11 is 0. The Bertz CT molecular complexity index is 431. The van der Waals surface area contributed by atoms with Crippen LogP contribution in [0.3, 0.4) is 0 Å². The predicted octanol–water partition coefficient (Wildman–Crippen LogP) is 0.525. The van der Waals surface area contributed by atoms with Crippen molar-refractivity contribution in [2.24, 2.45) is 5.92 Å². The monoisotopic (exact) mass is 285 g/mol. The van der Waals surface area contributed by atoms with E-state index in [2.05, 4.69) is 10.6 Å². The summed E-state index contributed by atoms with van der Waals surface area (Å²) in [5.41, 5.74) is 0. The van der Waals surface area contributed by atoms with Crippen molar-refractivity contribution in [2.75, 3.05) is 43.2 Å². The first kappa shape index (κ1) is 14.6. The minimum Gasteiger partial charge on any atom is -0.449 e. The second-order valence-electron chi connectivity index (χ2n) is 4.79. The van der Waals surface area contributed by atoms with Gasteiger partial charge in [-0.05, 0) is 5.92 Å². The Hall–Kier alpha value is -1.83. The minimum atomic E-state index is -0.532. The van der Waals surface area contributed by atoms with Gasteiger partial charge >= 0.3 is 12.0 Å². The number of rotatable bonds is 5. The van der Waals surface area contributed by atoms with E-state index in [4.69, 9.17) is 14.0 Å². The van der Waals surface area contributed by atoms with E-state index >= 15 is 0 Å². The third kappa shape index (κ3) is 4.09. The van der Waals surface area contributed by atoms with E-state index < -0.39 is 6.09 Å². The highest BCUT2D eigenvalue weighted by Crippen LogP contribution is 2.05. The fourth-order valence-corrected chi connectivity index (χ4v) is 1.66. The first-order valence-corrected chi connectivity index (χ1v) is 6.84. The molecule has 1 aromatic rings. The topological polar surface area (TPSA) is 80.7 Å². The summed E-state index contributed by atoms with van der Waals surface area (Å²) in [7, 11) is 0. The molecule has 0 radical (unpaired) electrons. The Balaban J connectivity index is 1.81. The molecule has 0 aromatic carbocycles. The summed E-state index contributed by atoms with van der Waals surface area (Å²) in [5, 5.41) is 8.32. The molecule has 8 nitrogen and oxygen atoms in total. The van der Waals surface area contributed by atoms with Gasteiger partial charge in [0.05, 0.1) is 37.7 Å². The van der Waals surface area contributed by atoms with E-state index in [-0.39, 0.29) is 5.88 Å². The Morgan fingerprint density at radius 2 is 2.35 bits per heavy atom. The molecule has 112 valence electrons. The Morgan fingerprint density at radius 1 is 1.60 bits per heavy atom. The zero-order valence-electron chi connectivity index (χ0n) is 11.9. The molecule has 0 aliphatic carbocycles. The summed E-state index contributed by atoms with van der Waals surface area (Å²) in [6, 6.07) is 0. The highest BCUT2D eigenvalue weighted by atomic mass is 16.6. The highest BCUT2D eigenvalue weighted by molar-refractivity contribution is 5.82. The van der Waals surface area contributed by atoms with E-state index in [1.165, 1.54) is 0 Å². The first-order valence-electron chi connectivity index (χ1n) is 6.84. The maximum Gasteiger partial charge on any atom is 0.414 e. The number of carbonyl (C=O) groups is 1. The van der Waals surface area contributed by atoms with E-state index in [1.807, 2.05) is 18.9 Å². The molecule has 8 heteroatoms. The van der Waals surface area contributed by atoms with Crippen LogP contribution in [0.5, 0.6) is 0 Å². The molecule has 1 N–H and O–H groups in total. The van der Waals surface area contributed by atoms with Crippen LogP contribution >= 0.6 is 0 Å². The number of anilines is 1. The normalized spacial score (nSPS) is 16.8. The number of hydrogen-bond acceptors (Lipinski definition) is 6. The molecular weight excluding hydrogens is 264 g/mol. The van der Waals surface area contributed by atoms with Crippen LogP contribution in [0.25, 0.3) is 0 Å². The number of nitrogens with one attached hydrogen (secondary N) is 1. The van der Waals surface area contributed by atoms with Crippen molar-refractivity contribution in [3.63, 3.8) is 0 Å². The zero-order valence-corrected chi connectivity index (χ0v) is 11.9. The van der Waals surface area contributed by atoms with Gasteiger partial charge in [-0.15, -0.1) is 5.01 Å². The van der Waals surface area contributed by atoms with Crippen LogP contribution in [-0.4, -0.2) is 44.3 Å². The van der Waals surface area contributed by atoms with Crippen molar-refractivity contribution in [1.82, 2.24) is 5.27 Å². The summed E-state index contributed by atoms with van der Waals surface area (Å²) in [6.45, 7) is 7.23. The number of ether oxygens (including phenoxy) is 2. The maximum atomic E-state index is 11.6. The van der Waals surface area contributed by atoms with E-state index in [0.717, 1.165) is 19.5 Å². The van der Waals surface area contributed by atoms with Crippen LogP contribution in [0.1, 0.15) is 20.3 Å². The van der Waals surface area contributed by atoms with Gasteiger partial charge in [-0.25, -0.2) is 4.79 Å². The molecule has 0 bridgehead atoms. The van der Waals surface area contributed by atoms with Crippen molar-refractivity contribution in [1.29, 1.82) is 0 Å². The van der Waals surface area contributed by atoms with Gasteiger partial charge in [0.2, 0.25) is 5.27 Å². The highest BCUT2D eigenvalue weighted by Gasteiger charge is 2.23. The van der Waals surface area contributed by atoms with E-state index in [1.54, 1.807) is 11.0 Å². The molecule has 1 amide bonds. The minimum absolute atomic E-state index is 0.255. The third-order valence-corrected chi connectivity index (χ3v) is 3.15. The van der Waals surface area contributed by atoms with Crippen molar-refractivity contribution < 1.29 is 23.6 Å². The Morgan fingerprint density at radius 3 is 3.05 bits per heavy atom. The first-order chi connectivity index (χ1) is 9.69. The molecule has 1 unspecified atom stereocenters. The van der Waals surface area contributed by atoms with Crippen LogP contribution in [-0.2, 0) is 9.47 Å². The van der Waals surface area contributed by atoms with Gasteiger partial charge in [-0.2, -0.15) is 0 Å². The second-order valence-corrected chi connectivity index (χ2v) is 4.79. The molecular formula is C12H21N4O4+. The fourth-order valence-electron chi connectivity index (χ4n) is 1.66. The quantitative estimate of drug-likeness (QED) is 0.795. The molecule has 1 aliphatic heterocycles. The number of carbonyl (C=O) groups excluding carboxylic acids is 1. The summed E-state index contributed by atoms with van der Waals surface area (Å²) in [4.78, 5) is 13.1. The number of amides is 1. The molecule has 1 atom stereocenters. The van der Waals surface area contributed by atoms with Gasteiger partial charge in [-0.3, -0.25) is 9.84 Å². The number of morpholine rings is 1.